The third-order valence-corrected chi connectivity index (χ3v) is 6.63. The first-order valence-electron chi connectivity index (χ1n) is 11.0. The second-order valence-corrected chi connectivity index (χ2v) is 8.71. The molecule has 0 bridgehead atoms. The molecule has 1 atom stereocenters. The summed E-state index contributed by atoms with van der Waals surface area (Å²) in [7, 11) is 0. The molecule has 7 heteroatoms. The van der Waals surface area contributed by atoms with Crippen molar-refractivity contribution in [1.29, 1.82) is 0 Å². The van der Waals surface area contributed by atoms with Crippen LogP contribution in [0.3, 0.4) is 0 Å². The molecule has 0 aromatic heterocycles. The summed E-state index contributed by atoms with van der Waals surface area (Å²) in [6.45, 7) is 1.62. The minimum absolute atomic E-state index is 0.168. The average Bonchev–Trinajstić information content (AvgIpc) is 3.17. The number of halogens is 1. The minimum atomic E-state index is -0.991. The summed E-state index contributed by atoms with van der Waals surface area (Å²) in [5.41, 5.74) is 1.75. The molecular weight excluding hydrogens is 438 g/mol. The number of nitrogens with one attached hydrogen (secondary N) is 1. The van der Waals surface area contributed by atoms with Crippen molar-refractivity contribution in [3.8, 4) is 0 Å². The minimum Gasteiger partial charge on any atom is -0.431 e. The first kappa shape index (κ1) is 21.3. The van der Waals surface area contributed by atoms with Gasteiger partial charge in [-0.1, -0.05) is 84.4 Å². The molecule has 1 N–H and O–H groups in total. The number of nitrogens with zero attached hydrogens (tertiary/aromatic N) is 2. The third-order valence-electron chi connectivity index (χ3n) is 6.38. The van der Waals surface area contributed by atoms with Crippen LogP contribution in [0.1, 0.15) is 16.7 Å². The summed E-state index contributed by atoms with van der Waals surface area (Å²) in [5.74, 6) is 0. The quantitative estimate of drug-likeness (QED) is 0.616. The Balaban J connectivity index is 1.42. The second-order valence-electron chi connectivity index (χ2n) is 8.28. The van der Waals surface area contributed by atoms with Gasteiger partial charge in [-0.15, -0.1) is 0 Å². The number of hydrogen-bond acceptors (Lipinski definition) is 3. The van der Waals surface area contributed by atoms with E-state index in [0.29, 0.717) is 31.2 Å². The number of fused-ring (bicyclic) bond motifs is 1. The molecule has 6 nitrogen and oxygen atoms in total. The maximum atomic E-state index is 13.0. The number of carbonyl (C=O) groups is 2. The molecule has 5 rings (SSSR count). The van der Waals surface area contributed by atoms with Crippen molar-refractivity contribution in [2.45, 2.75) is 18.2 Å². The molecule has 3 aromatic carbocycles. The summed E-state index contributed by atoms with van der Waals surface area (Å²) in [6.07, 6.45) is -0.353. The van der Waals surface area contributed by atoms with E-state index in [2.05, 4.69) is 5.32 Å². The van der Waals surface area contributed by atoms with Gasteiger partial charge in [0.05, 0.1) is 0 Å². The van der Waals surface area contributed by atoms with E-state index in [1.54, 1.807) is 21.9 Å². The molecule has 0 saturated carbocycles. The van der Waals surface area contributed by atoms with Gasteiger partial charge in [0.15, 0.2) is 5.60 Å². The van der Waals surface area contributed by atoms with Gasteiger partial charge in [-0.05, 0) is 17.7 Å². The van der Waals surface area contributed by atoms with Gasteiger partial charge in [0, 0.05) is 42.3 Å². The van der Waals surface area contributed by atoms with E-state index in [9.17, 15) is 9.59 Å². The zero-order valence-electron chi connectivity index (χ0n) is 18.0. The summed E-state index contributed by atoms with van der Waals surface area (Å²) in [4.78, 5) is 29.5. The number of carbonyl (C=O) groups excluding carboxylic acids is 2. The van der Waals surface area contributed by atoms with Crippen LogP contribution in [0.2, 0.25) is 5.02 Å². The van der Waals surface area contributed by atoms with Crippen LogP contribution in [0.25, 0.3) is 0 Å². The summed E-state index contributed by atoms with van der Waals surface area (Å²) in [6, 6.07) is 26.4. The number of benzene rings is 3. The number of rotatable bonds is 4. The summed E-state index contributed by atoms with van der Waals surface area (Å²) in [5, 5.41) is 3.64. The molecule has 3 aromatic rings. The van der Waals surface area contributed by atoms with E-state index >= 15 is 0 Å². The predicted molar refractivity (Wildman–Crippen MR) is 126 cm³/mol. The Morgan fingerprint density at radius 2 is 1.55 bits per heavy atom. The molecule has 0 radical (unpaired) electrons. The Bertz CT molecular complexity index is 1100. The fourth-order valence-electron chi connectivity index (χ4n) is 4.73. The zero-order chi connectivity index (χ0) is 22.8. The van der Waals surface area contributed by atoms with E-state index in [0.717, 1.165) is 16.7 Å². The Kier molecular flexibility index (Phi) is 5.68. The second kappa shape index (κ2) is 8.79. The molecule has 3 amide bonds. The molecule has 2 aliphatic heterocycles. The molecule has 2 fully saturated rings. The molecule has 33 heavy (non-hydrogen) atoms. The number of piperazine rings is 1. The normalized spacial score (nSPS) is 19.1. The number of amides is 3. The Morgan fingerprint density at radius 1 is 0.939 bits per heavy atom. The van der Waals surface area contributed by atoms with Crippen molar-refractivity contribution in [3.05, 3.63) is 107 Å². The van der Waals surface area contributed by atoms with Crippen molar-refractivity contribution < 1.29 is 14.3 Å². The van der Waals surface area contributed by atoms with Crippen molar-refractivity contribution in [1.82, 2.24) is 15.1 Å². The van der Waals surface area contributed by atoms with Gasteiger partial charge >= 0.3 is 12.1 Å². The van der Waals surface area contributed by atoms with E-state index in [1.165, 1.54) is 0 Å². The van der Waals surface area contributed by atoms with Crippen LogP contribution in [-0.4, -0.2) is 47.6 Å². The highest BCUT2D eigenvalue weighted by atomic mass is 35.5. The van der Waals surface area contributed by atoms with Gasteiger partial charge in [-0.2, -0.15) is 0 Å². The lowest BCUT2D eigenvalue weighted by atomic mass is 9.79. The maximum Gasteiger partial charge on any atom is 0.411 e. The fraction of sp³-hybridized carbons (Fsp3) is 0.231. The number of hydrogen-bond donors (Lipinski definition) is 1. The van der Waals surface area contributed by atoms with Crippen molar-refractivity contribution >= 4 is 23.7 Å². The van der Waals surface area contributed by atoms with Gasteiger partial charge < -0.3 is 15.0 Å². The zero-order valence-corrected chi connectivity index (χ0v) is 18.7. The highest BCUT2D eigenvalue weighted by Gasteiger charge is 2.58. The molecule has 0 spiro atoms. The topological polar surface area (TPSA) is 61.9 Å². The van der Waals surface area contributed by atoms with Crippen LogP contribution in [-0.2, 0) is 16.9 Å². The molecule has 1 unspecified atom stereocenters. The number of cyclic esters (lactones) is 1. The smallest absolute Gasteiger partial charge is 0.411 e. The number of ether oxygens (including phenoxy) is 1. The molecule has 0 aliphatic carbocycles. The van der Waals surface area contributed by atoms with Crippen LogP contribution in [0.4, 0.5) is 9.59 Å². The molecule has 2 aliphatic rings. The largest absolute Gasteiger partial charge is 0.431 e. The highest BCUT2D eigenvalue weighted by Crippen LogP contribution is 2.45. The Morgan fingerprint density at radius 3 is 2.15 bits per heavy atom. The Hall–Kier alpha value is -3.51. The molecule has 168 valence electrons. The maximum absolute atomic E-state index is 13.0. The third kappa shape index (κ3) is 3.91. The lowest BCUT2D eigenvalue weighted by Gasteiger charge is -2.42. The number of urea groups is 1. The first-order valence-corrected chi connectivity index (χ1v) is 11.3. The highest BCUT2D eigenvalue weighted by molar-refractivity contribution is 6.30. The first-order chi connectivity index (χ1) is 16.1. The predicted octanol–water partition coefficient (Wildman–Crippen LogP) is 4.63. The van der Waals surface area contributed by atoms with Gasteiger partial charge in [0.2, 0.25) is 0 Å². The van der Waals surface area contributed by atoms with E-state index in [1.807, 2.05) is 72.8 Å². The van der Waals surface area contributed by atoms with Crippen molar-refractivity contribution in [3.63, 3.8) is 0 Å². The van der Waals surface area contributed by atoms with Gasteiger partial charge in [-0.3, -0.25) is 4.90 Å². The summed E-state index contributed by atoms with van der Waals surface area (Å²) < 4.78 is 6.15. The van der Waals surface area contributed by atoms with Crippen LogP contribution < -0.4 is 5.32 Å². The lowest BCUT2D eigenvalue weighted by Crippen LogP contribution is -2.59. The monoisotopic (exact) mass is 461 g/mol. The van der Waals surface area contributed by atoms with Gasteiger partial charge in [0.25, 0.3) is 0 Å². The average molecular weight is 462 g/mol. The van der Waals surface area contributed by atoms with Crippen LogP contribution in [0.5, 0.6) is 0 Å². The van der Waals surface area contributed by atoms with Gasteiger partial charge in [0.1, 0.15) is 6.04 Å². The van der Waals surface area contributed by atoms with Crippen molar-refractivity contribution in [2.24, 2.45) is 0 Å². The fourth-order valence-corrected chi connectivity index (χ4v) is 4.86. The van der Waals surface area contributed by atoms with Crippen molar-refractivity contribution in [2.75, 3.05) is 19.6 Å². The molecular formula is C26H24ClN3O3. The Labute approximate surface area is 197 Å². The van der Waals surface area contributed by atoms with E-state index in [4.69, 9.17) is 16.3 Å². The molecule has 2 saturated heterocycles. The lowest BCUT2D eigenvalue weighted by molar-refractivity contribution is 0.0511. The van der Waals surface area contributed by atoms with E-state index < -0.39 is 5.60 Å². The summed E-state index contributed by atoms with van der Waals surface area (Å²) >= 11 is 5.95. The van der Waals surface area contributed by atoms with Crippen LogP contribution >= 0.6 is 11.6 Å². The molecule has 2 heterocycles. The SMILES string of the molecule is O=C(NCc1ccc(Cl)cc1)N1CCN2C(=O)OC(c3ccccc3)(c3ccccc3)C2C1. The van der Waals surface area contributed by atoms with Gasteiger partial charge in [-0.25, -0.2) is 9.59 Å². The van der Waals surface area contributed by atoms with Crippen LogP contribution in [0, 0.1) is 0 Å². The van der Waals surface area contributed by atoms with E-state index in [-0.39, 0.29) is 18.2 Å². The van der Waals surface area contributed by atoms with Crippen LogP contribution in [0.15, 0.2) is 84.9 Å². The standard InChI is InChI=1S/C26H24ClN3O3/c27-22-13-11-19(12-14-22)17-28-24(31)29-15-16-30-23(18-29)26(33-25(30)32,20-7-3-1-4-8-20)21-9-5-2-6-10-21/h1-14,23H,15-18H2,(H,28,31).